The second kappa shape index (κ2) is 7.15. The zero-order valence-electron chi connectivity index (χ0n) is 15.6. The second-order valence-electron chi connectivity index (χ2n) is 6.03. The van der Waals surface area contributed by atoms with Crippen molar-refractivity contribution in [3.05, 3.63) is 41.1 Å². The van der Waals surface area contributed by atoms with Crippen molar-refractivity contribution in [3.63, 3.8) is 0 Å². The van der Waals surface area contributed by atoms with E-state index in [1.165, 1.54) is 0 Å². The Labute approximate surface area is 152 Å². The fourth-order valence-corrected chi connectivity index (χ4v) is 3.39. The molecule has 0 aliphatic carbocycles. The molecule has 0 saturated heterocycles. The molecule has 2 N–H and O–H groups in total. The van der Waals surface area contributed by atoms with Gasteiger partial charge in [0, 0.05) is 18.0 Å². The summed E-state index contributed by atoms with van der Waals surface area (Å²) in [5.74, 6) is 0.928. The van der Waals surface area contributed by atoms with Gasteiger partial charge < -0.3 is 24.5 Å². The highest BCUT2D eigenvalue weighted by Crippen LogP contribution is 2.38. The number of carbonyl (C=O) groups excluding carboxylic acids is 1. The molecule has 1 aliphatic heterocycles. The van der Waals surface area contributed by atoms with E-state index in [2.05, 4.69) is 4.57 Å². The van der Waals surface area contributed by atoms with E-state index in [0.29, 0.717) is 35.9 Å². The van der Waals surface area contributed by atoms with Crippen LogP contribution in [0.4, 0.5) is 0 Å². The molecule has 6 heteroatoms. The number of methoxy groups -OCH3 is 2. The van der Waals surface area contributed by atoms with Crippen LogP contribution in [0.2, 0.25) is 0 Å². The van der Waals surface area contributed by atoms with Gasteiger partial charge in [-0.2, -0.15) is 0 Å². The Kier molecular flexibility index (Phi) is 4.93. The maximum atomic E-state index is 12.5. The topological polar surface area (TPSA) is 75.7 Å². The summed E-state index contributed by atoms with van der Waals surface area (Å²) in [6.45, 7) is 4.68. The van der Waals surface area contributed by atoms with Crippen molar-refractivity contribution in [2.45, 2.75) is 26.8 Å². The van der Waals surface area contributed by atoms with Gasteiger partial charge in [-0.1, -0.05) is 13.0 Å². The first kappa shape index (κ1) is 17.9. The number of ether oxygens (including phenoxy) is 3. The van der Waals surface area contributed by atoms with E-state index >= 15 is 0 Å². The third kappa shape index (κ3) is 2.81. The molecule has 0 saturated carbocycles. The molecule has 26 heavy (non-hydrogen) atoms. The average molecular weight is 356 g/mol. The average Bonchev–Trinajstić information content (AvgIpc) is 2.99. The van der Waals surface area contributed by atoms with E-state index in [4.69, 9.17) is 19.9 Å². The Hall–Kier alpha value is -2.89. The smallest absolute Gasteiger partial charge is 0.340 e. The van der Waals surface area contributed by atoms with Gasteiger partial charge in [0.15, 0.2) is 11.5 Å². The van der Waals surface area contributed by atoms with E-state index in [1.807, 2.05) is 31.2 Å². The standard InChI is InChI=1S/C20H24N2O4/c1-5-7-12-11-22-14-10-17(25-4)16(24-3)9-13(14)8-15(22)19(21)18(12)20(23)26-6-2/h7-10H,5-6,11,21H2,1-4H3/b12-7+. The molecular weight excluding hydrogens is 332 g/mol. The van der Waals surface area contributed by atoms with Crippen LogP contribution in [0.25, 0.3) is 16.6 Å². The molecule has 1 aromatic heterocycles. The molecule has 2 aromatic rings. The molecule has 3 rings (SSSR count). The highest BCUT2D eigenvalue weighted by molar-refractivity contribution is 6.03. The number of hydrogen-bond donors (Lipinski definition) is 1. The van der Waals surface area contributed by atoms with Gasteiger partial charge in [0.05, 0.1) is 43.3 Å². The molecule has 1 aromatic carbocycles. The number of nitrogens with two attached hydrogens (primary N) is 1. The monoisotopic (exact) mass is 356 g/mol. The maximum absolute atomic E-state index is 12.5. The Morgan fingerprint density at radius 1 is 1.19 bits per heavy atom. The summed E-state index contributed by atoms with van der Waals surface area (Å²) in [5.41, 5.74) is 9.95. The quantitative estimate of drug-likeness (QED) is 0.833. The van der Waals surface area contributed by atoms with Gasteiger partial charge >= 0.3 is 5.97 Å². The summed E-state index contributed by atoms with van der Waals surface area (Å²) in [4.78, 5) is 12.5. The van der Waals surface area contributed by atoms with Crippen molar-refractivity contribution in [1.82, 2.24) is 4.57 Å². The number of rotatable bonds is 5. The number of allylic oxidation sites excluding steroid dienone is 1. The minimum Gasteiger partial charge on any atom is -0.493 e. The molecular formula is C20H24N2O4. The van der Waals surface area contributed by atoms with E-state index in [0.717, 1.165) is 28.6 Å². The molecule has 138 valence electrons. The molecule has 0 bridgehead atoms. The minimum absolute atomic E-state index is 0.312. The normalized spacial score (nSPS) is 15.3. The number of carbonyl (C=O) groups is 1. The highest BCUT2D eigenvalue weighted by Gasteiger charge is 2.28. The molecule has 0 fully saturated rings. The molecule has 1 aliphatic rings. The molecule has 0 amide bonds. The van der Waals surface area contributed by atoms with Crippen LogP contribution >= 0.6 is 0 Å². The van der Waals surface area contributed by atoms with E-state index in [-0.39, 0.29) is 5.97 Å². The number of aromatic nitrogens is 1. The van der Waals surface area contributed by atoms with Gasteiger partial charge in [-0.05, 0) is 31.1 Å². The van der Waals surface area contributed by atoms with Crippen LogP contribution in [0, 0.1) is 0 Å². The van der Waals surface area contributed by atoms with Crippen LogP contribution in [0.5, 0.6) is 11.5 Å². The number of fused-ring (bicyclic) bond motifs is 3. The Balaban J connectivity index is 2.25. The lowest BCUT2D eigenvalue weighted by molar-refractivity contribution is -0.138. The van der Waals surface area contributed by atoms with Crippen molar-refractivity contribution in [1.29, 1.82) is 0 Å². The van der Waals surface area contributed by atoms with Gasteiger partial charge in [-0.3, -0.25) is 0 Å². The van der Waals surface area contributed by atoms with E-state index in [9.17, 15) is 4.79 Å². The summed E-state index contributed by atoms with van der Waals surface area (Å²) in [7, 11) is 3.22. The summed E-state index contributed by atoms with van der Waals surface area (Å²) < 4.78 is 18.1. The number of esters is 1. The molecule has 0 unspecified atom stereocenters. The SMILES string of the molecule is CC/C=C1\Cn2c(cc3cc(OC)c(OC)cc32)C(N)=C1C(=O)OCC. The summed E-state index contributed by atoms with van der Waals surface area (Å²) in [5, 5.41) is 0.974. The summed E-state index contributed by atoms with van der Waals surface area (Å²) in [6, 6.07) is 5.82. The van der Waals surface area contributed by atoms with Crippen molar-refractivity contribution in [2.24, 2.45) is 5.73 Å². The first-order valence-corrected chi connectivity index (χ1v) is 8.67. The number of benzene rings is 1. The van der Waals surface area contributed by atoms with Gasteiger partial charge in [0.2, 0.25) is 0 Å². The zero-order chi connectivity index (χ0) is 18.8. The highest BCUT2D eigenvalue weighted by atomic mass is 16.5. The lowest BCUT2D eigenvalue weighted by atomic mass is 9.98. The fourth-order valence-electron chi connectivity index (χ4n) is 3.39. The first-order valence-electron chi connectivity index (χ1n) is 8.67. The third-order valence-corrected chi connectivity index (χ3v) is 4.53. The lowest BCUT2D eigenvalue weighted by Crippen LogP contribution is -2.23. The predicted octanol–water partition coefficient (Wildman–Crippen LogP) is 3.24. The van der Waals surface area contributed by atoms with Gasteiger partial charge in [0.1, 0.15) is 0 Å². The van der Waals surface area contributed by atoms with Gasteiger partial charge in [-0.15, -0.1) is 0 Å². The zero-order valence-corrected chi connectivity index (χ0v) is 15.6. The van der Waals surface area contributed by atoms with Crippen LogP contribution in [-0.4, -0.2) is 31.4 Å². The van der Waals surface area contributed by atoms with Crippen LogP contribution in [0.3, 0.4) is 0 Å². The lowest BCUT2D eigenvalue weighted by Gasteiger charge is -2.23. The second-order valence-corrected chi connectivity index (χ2v) is 6.03. The van der Waals surface area contributed by atoms with Crippen LogP contribution in [-0.2, 0) is 16.1 Å². The van der Waals surface area contributed by atoms with E-state index in [1.54, 1.807) is 21.1 Å². The summed E-state index contributed by atoms with van der Waals surface area (Å²) >= 11 is 0. The largest absolute Gasteiger partial charge is 0.493 e. The van der Waals surface area contributed by atoms with Gasteiger partial charge in [0.25, 0.3) is 0 Å². The minimum atomic E-state index is -0.378. The van der Waals surface area contributed by atoms with Crippen LogP contribution in [0.1, 0.15) is 26.0 Å². The first-order chi connectivity index (χ1) is 12.5. The van der Waals surface area contributed by atoms with Crippen LogP contribution < -0.4 is 15.2 Å². The molecule has 0 radical (unpaired) electrons. The Morgan fingerprint density at radius 3 is 2.50 bits per heavy atom. The summed E-state index contributed by atoms with van der Waals surface area (Å²) in [6.07, 6.45) is 2.83. The van der Waals surface area contributed by atoms with Crippen molar-refractivity contribution in [2.75, 3.05) is 20.8 Å². The number of hydrogen-bond acceptors (Lipinski definition) is 5. The van der Waals surface area contributed by atoms with Crippen LogP contribution in [0.15, 0.2) is 35.4 Å². The van der Waals surface area contributed by atoms with Crippen molar-refractivity contribution >= 4 is 22.6 Å². The molecule has 6 nitrogen and oxygen atoms in total. The maximum Gasteiger partial charge on any atom is 0.340 e. The van der Waals surface area contributed by atoms with Crippen molar-refractivity contribution in [3.8, 4) is 11.5 Å². The molecule has 0 atom stereocenters. The molecule has 2 heterocycles. The van der Waals surface area contributed by atoms with Gasteiger partial charge in [-0.25, -0.2) is 4.79 Å². The predicted molar refractivity (Wildman–Crippen MR) is 101 cm³/mol. The fraction of sp³-hybridized carbons (Fsp3) is 0.350. The molecule has 0 spiro atoms. The van der Waals surface area contributed by atoms with Crippen molar-refractivity contribution < 1.29 is 19.0 Å². The Bertz CT molecular complexity index is 922. The third-order valence-electron chi connectivity index (χ3n) is 4.53. The van der Waals surface area contributed by atoms with E-state index < -0.39 is 0 Å². The Morgan fingerprint density at radius 2 is 1.88 bits per heavy atom. The number of nitrogens with zero attached hydrogens (tertiary/aromatic N) is 1.